The summed E-state index contributed by atoms with van der Waals surface area (Å²) >= 11 is 0. The van der Waals surface area contributed by atoms with Crippen LogP contribution in [0, 0.1) is 12.8 Å². The first kappa shape index (κ1) is 17.3. The van der Waals surface area contributed by atoms with Gasteiger partial charge in [0.15, 0.2) is 0 Å². The molecule has 2 heterocycles. The fraction of sp³-hybridized carbons (Fsp3) is 0.400. The number of pyridine rings is 1. The van der Waals surface area contributed by atoms with E-state index in [1.165, 1.54) is 18.4 Å². The molecule has 132 valence electrons. The zero-order chi connectivity index (χ0) is 17.6. The number of anilines is 2. The Hall–Kier alpha value is -2.56. The Morgan fingerprint density at radius 1 is 1.16 bits per heavy atom. The Kier molecular flexibility index (Phi) is 5.53. The number of aryl methyl sites for hydroxylation is 1. The molecule has 0 bridgehead atoms. The predicted molar refractivity (Wildman–Crippen MR) is 102 cm³/mol. The van der Waals surface area contributed by atoms with E-state index in [0.717, 1.165) is 36.1 Å². The third kappa shape index (κ3) is 4.95. The molecule has 0 unspecified atom stereocenters. The number of nitrogens with one attached hydrogen (secondary N) is 2. The molecule has 5 nitrogen and oxygen atoms in total. The number of carbonyl (C=O) groups is 1. The highest BCUT2D eigenvalue weighted by atomic mass is 16.2. The van der Waals surface area contributed by atoms with Crippen molar-refractivity contribution in [2.75, 3.05) is 23.3 Å². The summed E-state index contributed by atoms with van der Waals surface area (Å²) in [5.74, 6) is 1.84. The summed E-state index contributed by atoms with van der Waals surface area (Å²) in [6.07, 6.45) is 4.30. The van der Waals surface area contributed by atoms with Gasteiger partial charge in [-0.15, -0.1) is 0 Å². The molecule has 5 heteroatoms. The maximum Gasteiger partial charge on any atom is 0.319 e. The van der Waals surface area contributed by atoms with Crippen LogP contribution in [0.1, 0.15) is 30.9 Å². The molecule has 2 aromatic rings. The van der Waals surface area contributed by atoms with Gasteiger partial charge in [-0.25, -0.2) is 9.78 Å². The van der Waals surface area contributed by atoms with E-state index in [1.807, 2.05) is 49.5 Å². The number of hydrogen-bond donors (Lipinski definition) is 2. The molecule has 1 fully saturated rings. The van der Waals surface area contributed by atoms with Crippen molar-refractivity contribution in [3.63, 3.8) is 0 Å². The standard InChI is InChI=1S/C20H26N4O/c1-15-3-6-18(7-4-15)23-20(25)22-14-17-5-8-19(21-13-17)24-11-9-16(2)10-12-24/h3-8,13,16H,9-12,14H2,1-2H3,(H2,22,23,25). The lowest BCUT2D eigenvalue weighted by Crippen LogP contribution is -2.33. The lowest BCUT2D eigenvalue weighted by molar-refractivity contribution is 0.251. The van der Waals surface area contributed by atoms with Crippen molar-refractivity contribution in [3.8, 4) is 0 Å². The molecule has 0 aliphatic carbocycles. The first-order valence-corrected chi connectivity index (χ1v) is 8.91. The normalized spacial score (nSPS) is 15.0. The van der Waals surface area contributed by atoms with Gasteiger partial charge < -0.3 is 15.5 Å². The van der Waals surface area contributed by atoms with Gasteiger partial charge in [0.2, 0.25) is 0 Å². The molecule has 2 amide bonds. The second-order valence-electron chi connectivity index (χ2n) is 6.87. The average Bonchev–Trinajstić information content (AvgIpc) is 2.63. The highest BCUT2D eigenvalue weighted by Gasteiger charge is 2.16. The van der Waals surface area contributed by atoms with Crippen LogP contribution in [0.4, 0.5) is 16.3 Å². The van der Waals surface area contributed by atoms with Gasteiger partial charge in [-0.1, -0.05) is 30.7 Å². The van der Waals surface area contributed by atoms with Crippen LogP contribution in [0.5, 0.6) is 0 Å². The van der Waals surface area contributed by atoms with Crippen molar-refractivity contribution in [1.82, 2.24) is 10.3 Å². The van der Waals surface area contributed by atoms with Crippen LogP contribution in [-0.2, 0) is 6.54 Å². The molecule has 1 saturated heterocycles. The second-order valence-corrected chi connectivity index (χ2v) is 6.87. The second kappa shape index (κ2) is 8.01. The van der Waals surface area contributed by atoms with Crippen molar-refractivity contribution in [1.29, 1.82) is 0 Å². The zero-order valence-electron chi connectivity index (χ0n) is 15.0. The first-order chi connectivity index (χ1) is 12.1. The molecule has 1 aromatic heterocycles. The number of amides is 2. The zero-order valence-corrected chi connectivity index (χ0v) is 15.0. The minimum absolute atomic E-state index is 0.210. The summed E-state index contributed by atoms with van der Waals surface area (Å²) in [5, 5.41) is 5.69. The summed E-state index contributed by atoms with van der Waals surface area (Å²) in [5.41, 5.74) is 2.95. The van der Waals surface area contributed by atoms with Crippen molar-refractivity contribution >= 4 is 17.5 Å². The Bertz CT molecular complexity index is 689. The van der Waals surface area contributed by atoms with Crippen LogP contribution >= 0.6 is 0 Å². The molecule has 25 heavy (non-hydrogen) atoms. The lowest BCUT2D eigenvalue weighted by atomic mass is 9.99. The molecule has 1 aliphatic heterocycles. The topological polar surface area (TPSA) is 57.3 Å². The molecular formula is C20H26N4O. The molecule has 1 aromatic carbocycles. The number of carbonyl (C=O) groups excluding carboxylic acids is 1. The van der Waals surface area contributed by atoms with Gasteiger partial charge in [0.25, 0.3) is 0 Å². The van der Waals surface area contributed by atoms with E-state index in [9.17, 15) is 4.79 Å². The minimum atomic E-state index is -0.210. The first-order valence-electron chi connectivity index (χ1n) is 8.91. The van der Waals surface area contributed by atoms with Crippen LogP contribution in [-0.4, -0.2) is 24.1 Å². The number of hydrogen-bond acceptors (Lipinski definition) is 3. The Morgan fingerprint density at radius 3 is 2.52 bits per heavy atom. The van der Waals surface area contributed by atoms with Crippen LogP contribution in [0.25, 0.3) is 0 Å². The summed E-state index contributed by atoms with van der Waals surface area (Å²) < 4.78 is 0. The maximum atomic E-state index is 12.0. The SMILES string of the molecule is Cc1ccc(NC(=O)NCc2ccc(N3CCC(C)CC3)nc2)cc1. The van der Waals surface area contributed by atoms with Gasteiger partial charge in [-0.3, -0.25) is 0 Å². The van der Waals surface area contributed by atoms with E-state index in [1.54, 1.807) is 0 Å². The van der Waals surface area contributed by atoms with Gasteiger partial charge >= 0.3 is 6.03 Å². The summed E-state index contributed by atoms with van der Waals surface area (Å²) in [6, 6.07) is 11.6. The lowest BCUT2D eigenvalue weighted by Gasteiger charge is -2.31. The van der Waals surface area contributed by atoms with E-state index in [2.05, 4.69) is 27.4 Å². The largest absolute Gasteiger partial charge is 0.357 e. The monoisotopic (exact) mass is 338 g/mol. The van der Waals surface area contributed by atoms with Gasteiger partial charge in [0.05, 0.1) is 0 Å². The van der Waals surface area contributed by atoms with Crippen molar-refractivity contribution in [2.24, 2.45) is 5.92 Å². The van der Waals surface area contributed by atoms with Crippen LogP contribution in [0.15, 0.2) is 42.6 Å². The number of piperidine rings is 1. The Balaban J connectivity index is 1.48. The van der Waals surface area contributed by atoms with E-state index < -0.39 is 0 Å². The number of aromatic nitrogens is 1. The van der Waals surface area contributed by atoms with Gasteiger partial charge in [-0.05, 0) is 49.4 Å². The summed E-state index contributed by atoms with van der Waals surface area (Å²) in [4.78, 5) is 18.9. The summed E-state index contributed by atoms with van der Waals surface area (Å²) in [7, 11) is 0. The quantitative estimate of drug-likeness (QED) is 0.887. The maximum absolute atomic E-state index is 12.0. The highest BCUT2D eigenvalue weighted by molar-refractivity contribution is 5.89. The third-order valence-corrected chi connectivity index (χ3v) is 4.68. The van der Waals surface area contributed by atoms with Crippen molar-refractivity contribution < 1.29 is 4.79 Å². The molecular weight excluding hydrogens is 312 g/mol. The average molecular weight is 338 g/mol. The van der Waals surface area contributed by atoms with Gasteiger partial charge in [0.1, 0.15) is 5.82 Å². The van der Waals surface area contributed by atoms with Crippen molar-refractivity contribution in [3.05, 3.63) is 53.7 Å². The summed E-state index contributed by atoms with van der Waals surface area (Å²) in [6.45, 7) is 6.93. The number of rotatable bonds is 4. The Labute approximate surface area is 149 Å². The van der Waals surface area contributed by atoms with E-state index in [0.29, 0.717) is 6.54 Å². The molecule has 0 spiro atoms. The molecule has 1 aliphatic rings. The number of benzene rings is 1. The molecule has 3 rings (SSSR count). The molecule has 0 atom stereocenters. The highest BCUT2D eigenvalue weighted by Crippen LogP contribution is 2.21. The van der Waals surface area contributed by atoms with Crippen LogP contribution in [0.3, 0.4) is 0 Å². The number of nitrogens with zero attached hydrogens (tertiary/aromatic N) is 2. The predicted octanol–water partition coefficient (Wildman–Crippen LogP) is 3.95. The fourth-order valence-corrected chi connectivity index (χ4v) is 2.94. The molecule has 0 saturated carbocycles. The molecule has 0 radical (unpaired) electrons. The smallest absolute Gasteiger partial charge is 0.319 e. The number of urea groups is 1. The van der Waals surface area contributed by atoms with E-state index >= 15 is 0 Å². The fourth-order valence-electron chi connectivity index (χ4n) is 2.94. The van der Waals surface area contributed by atoms with Gasteiger partial charge in [-0.2, -0.15) is 0 Å². The van der Waals surface area contributed by atoms with Gasteiger partial charge in [0, 0.05) is 31.5 Å². The van der Waals surface area contributed by atoms with E-state index in [4.69, 9.17) is 0 Å². The van der Waals surface area contributed by atoms with Crippen LogP contribution < -0.4 is 15.5 Å². The Morgan fingerprint density at radius 2 is 1.88 bits per heavy atom. The minimum Gasteiger partial charge on any atom is -0.357 e. The third-order valence-electron chi connectivity index (χ3n) is 4.68. The molecule has 2 N–H and O–H groups in total. The van der Waals surface area contributed by atoms with Crippen molar-refractivity contribution in [2.45, 2.75) is 33.2 Å². The van der Waals surface area contributed by atoms with Crippen LogP contribution in [0.2, 0.25) is 0 Å². The van der Waals surface area contributed by atoms with E-state index in [-0.39, 0.29) is 6.03 Å².